The van der Waals surface area contributed by atoms with Gasteiger partial charge in [0, 0.05) is 24.1 Å². The quantitative estimate of drug-likeness (QED) is 0.780. The molecule has 0 radical (unpaired) electrons. The van der Waals surface area contributed by atoms with Gasteiger partial charge < -0.3 is 18.8 Å². The van der Waals surface area contributed by atoms with Crippen LogP contribution in [0, 0.1) is 6.92 Å². The Bertz CT molecular complexity index is 875. The molecule has 1 unspecified atom stereocenters. The van der Waals surface area contributed by atoms with Gasteiger partial charge in [0.05, 0.1) is 12.6 Å². The Hall–Kier alpha value is -2.47. The van der Waals surface area contributed by atoms with Crippen LogP contribution in [0.2, 0.25) is 5.02 Å². The van der Waals surface area contributed by atoms with Crippen LogP contribution in [-0.4, -0.2) is 35.6 Å². The molecule has 1 aliphatic heterocycles. The van der Waals surface area contributed by atoms with Crippen molar-refractivity contribution in [2.75, 3.05) is 13.1 Å². The minimum Gasteiger partial charge on any atom is -0.488 e. The molecule has 7 heteroatoms. The van der Waals surface area contributed by atoms with Gasteiger partial charge in [0.25, 0.3) is 5.91 Å². The molecule has 3 rings (SSSR count). The molecule has 0 aliphatic carbocycles. The molecule has 2 heterocycles. The first-order valence-corrected chi connectivity index (χ1v) is 9.13. The lowest BCUT2D eigenvalue weighted by atomic mass is 10.1. The predicted molar refractivity (Wildman–Crippen MR) is 101 cm³/mol. The second kappa shape index (κ2) is 7.64. The van der Waals surface area contributed by atoms with Crippen LogP contribution in [0.15, 0.2) is 45.6 Å². The highest BCUT2D eigenvalue weighted by atomic mass is 35.5. The molecule has 2 aromatic rings. The molecule has 144 valence electrons. The maximum absolute atomic E-state index is 12.9. The molecular formula is C20H22ClNO5. The summed E-state index contributed by atoms with van der Waals surface area (Å²) >= 11 is 5.88. The van der Waals surface area contributed by atoms with E-state index in [2.05, 4.69) is 0 Å². The SMILES string of the molecule is Cc1cc(OC2CCN(C(=O)C(C)(C)Oc3ccc(Cl)cc3)C2)cc(=O)o1. The monoisotopic (exact) mass is 391 g/mol. The van der Waals surface area contributed by atoms with Crippen LogP contribution in [0.25, 0.3) is 0 Å². The number of carbonyl (C=O) groups is 1. The van der Waals surface area contributed by atoms with Crippen molar-refractivity contribution >= 4 is 17.5 Å². The highest BCUT2D eigenvalue weighted by Crippen LogP contribution is 2.25. The van der Waals surface area contributed by atoms with Crippen molar-refractivity contribution < 1.29 is 18.7 Å². The van der Waals surface area contributed by atoms with Gasteiger partial charge in [-0.1, -0.05) is 11.6 Å². The summed E-state index contributed by atoms with van der Waals surface area (Å²) in [6, 6.07) is 9.88. The molecule has 6 nitrogen and oxygen atoms in total. The minimum atomic E-state index is -1.02. The lowest BCUT2D eigenvalue weighted by molar-refractivity contribution is -0.144. The molecule has 1 amide bonds. The first-order chi connectivity index (χ1) is 12.7. The molecule has 0 spiro atoms. The second-order valence-electron chi connectivity index (χ2n) is 7.07. The van der Waals surface area contributed by atoms with Crippen molar-refractivity contribution in [1.82, 2.24) is 4.90 Å². The third kappa shape index (κ3) is 4.83. The number of hydrogen-bond acceptors (Lipinski definition) is 5. The zero-order valence-corrected chi connectivity index (χ0v) is 16.3. The molecular weight excluding hydrogens is 370 g/mol. The average molecular weight is 392 g/mol. The van der Waals surface area contributed by atoms with Gasteiger partial charge >= 0.3 is 5.63 Å². The Balaban J connectivity index is 1.62. The van der Waals surface area contributed by atoms with Crippen molar-refractivity contribution in [2.24, 2.45) is 0 Å². The zero-order valence-electron chi connectivity index (χ0n) is 15.5. The maximum Gasteiger partial charge on any atom is 0.339 e. The fourth-order valence-corrected chi connectivity index (χ4v) is 3.19. The van der Waals surface area contributed by atoms with Crippen molar-refractivity contribution in [1.29, 1.82) is 0 Å². The van der Waals surface area contributed by atoms with Crippen LogP contribution < -0.4 is 15.1 Å². The van der Waals surface area contributed by atoms with Crippen LogP contribution in [0.4, 0.5) is 0 Å². The zero-order chi connectivity index (χ0) is 19.6. The number of benzene rings is 1. The van der Waals surface area contributed by atoms with E-state index in [-0.39, 0.29) is 12.0 Å². The molecule has 0 N–H and O–H groups in total. The summed E-state index contributed by atoms with van der Waals surface area (Å²) in [5.41, 5.74) is -1.47. The van der Waals surface area contributed by atoms with Gasteiger partial charge in [0.1, 0.15) is 23.4 Å². The van der Waals surface area contributed by atoms with Crippen LogP contribution in [0.3, 0.4) is 0 Å². The van der Waals surface area contributed by atoms with Crippen LogP contribution in [0.5, 0.6) is 11.5 Å². The van der Waals surface area contributed by atoms with Gasteiger partial charge in [-0.05, 0) is 45.0 Å². The largest absolute Gasteiger partial charge is 0.488 e. The number of likely N-dealkylation sites (tertiary alicyclic amines) is 1. The first-order valence-electron chi connectivity index (χ1n) is 8.75. The third-order valence-electron chi connectivity index (χ3n) is 4.30. The smallest absolute Gasteiger partial charge is 0.339 e. The standard InChI is InChI=1S/C20H22ClNO5/c1-13-10-17(11-18(23)25-13)26-16-8-9-22(12-16)19(24)20(2,3)27-15-6-4-14(21)5-7-15/h4-7,10-11,16H,8-9,12H2,1-3H3. The van der Waals surface area contributed by atoms with E-state index in [9.17, 15) is 9.59 Å². The molecule has 1 atom stereocenters. The van der Waals surface area contributed by atoms with E-state index in [0.717, 1.165) is 0 Å². The molecule has 0 saturated carbocycles. The Morgan fingerprint density at radius 3 is 2.59 bits per heavy atom. The fraction of sp³-hybridized carbons (Fsp3) is 0.400. The molecule has 1 aliphatic rings. The molecule has 1 aromatic carbocycles. The summed E-state index contributed by atoms with van der Waals surface area (Å²) in [5, 5.41) is 0.608. The lowest BCUT2D eigenvalue weighted by Gasteiger charge is -2.30. The minimum absolute atomic E-state index is 0.118. The number of halogens is 1. The lowest BCUT2D eigenvalue weighted by Crippen LogP contribution is -2.48. The summed E-state index contributed by atoms with van der Waals surface area (Å²) in [6.07, 6.45) is 0.503. The fourth-order valence-electron chi connectivity index (χ4n) is 3.07. The molecule has 1 saturated heterocycles. The average Bonchev–Trinajstić information content (AvgIpc) is 3.03. The number of amides is 1. The van der Waals surface area contributed by atoms with Gasteiger partial charge in [-0.3, -0.25) is 4.79 Å². The Kier molecular flexibility index (Phi) is 5.46. The topological polar surface area (TPSA) is 69.0 Å². The van der Waals surface area contributed by atoms with Crippen molar-refractivity contribution in [3.05, 3.63) is 57.6 Å². The van der Waals surface area contributed by atoms with Crippen molar-refractivity contribution in [2.45, 2.75) is 38.9 Å². The summed E-state index contributed by atoms with van der Waals surface area (Å²) < 4.78 is 16.6. The van der Waals surface area contributed by atoms with Gasteiger partial charge in [-0.15, -0.1) is 0 Å². The maximum atomic E-state index is 12.9. The Morgan fingerprint density at radius 1 is 1.22 bits per heavy atom. The normalized spacial score (nSPS) is 17.0. The van der Waals surface area contributed by atoms with E-state index in [1.807, 2.05) is 0 Å². The van der Waals surface area contributed by atoms with E-state index >= 15 is 0 Å². The third-order valence-corrected chi connectivity index (χ3v) is 4.56. The van der Waals surface area contributed by atoms with Gasteiger partial charge in [0.2, 0.25) is 0 Å². The van der Waals surface area contributed by atoms with E-state index in [1.54, 1.807) is 56.0 Å². The van der Waals surface area contributed by atoms with Gasteiger partial charge in [-0.2, -0.15) is 0 Å². The number of hydrogen-bond donors (Lipinski definition) is 0. The number of rotatable bonds is 5. The number of aryl methyl sites for hydroxylation is 1. The highest BCUT2D eigenvalue weighted by molar-refractivity contribution is 6.30. The second-order valence-corrected chi connectivity index (χ2v) is 7.51. The van der Waals surface area contributed by atoms with Gasteiger partial charge in [-0.25, -0.2) is 4.79 Å². The van der Waals surface area contributed by atoms with Crippen molar-refractivity contribution in [3.63, 3.8) is 0 Å². The van der Waals surface area contributed by atoms with E-state index < -0.39 is 11.2 Å². The summed E-state index contributed by atoms with van der Waals surface area (Å²) in [4.78, 5) is 26.1. The number of ether oxygens (including phenoxy) is 2. The number of nitrogens with zero attached hydrogens (tertiary/aromatic N) is 1. The Morgan fingerprint density at radius 2 is 1.93 bits per heavy atom. The van der Waals surface area contributed by atoms with Crippen LogP contribution in [0.1, 0.15) is 26.0 Å². The van der Waals surface area contributed by atoms with E-state index in [1.165, 1.54) is 6.07 Å². The molecule has 0 bridgehead atoms. The highest BCUT2D eigenvalue weighted by Gasteiger charge is 2.38. The predicted octanol–water partition coefficient (Wildman–Crippen LogP) is 3.44. The van der Waals surface area contributed by atoms with Crippen LogP contribution >= 0.6 is 11.6 Å². The number of carbonyl (C=O) groups excluding carboxylic acids is 1. The Labute approximate surface area is 162 Å². The summed E-state index contributed by atoms with van der Waals surface area (Å²) in [7, 11) is 0. The summed E-state index contributed by atoms with van der Waals surface area (Å²) in [5.74, 6) is 1.41. The first kappa shape index (κ1) is 19.3. The molecule has 27 heavy (non-hydrogen) atoms. The summed E-state index contributed by atoms with van der Waals surface area (Å²) in [6.45, 7) is 6.17. The van der Waals surface area contributed by atoms with Crippen LogP contribution in [-0.2, 0) is 4.79 Å². The van der Waals surface area contributed by atoms with Gasteiger partial charge in [0.15, 0.2) is 5.60 Å². The van der Waals surface area contributed by atoms with E-state index in [0.29, 0.717) is 41.8 Å². The molecule has 1 fully saturated rings. The molecule has 1 aromatic heterocycles. The van der Waals surface area contributed by atoms with Crippen molar-refractivity contribution in [3.8, 4) is 11.5 Å². The van der Waals surface area contributed by atoms with E-state index in [4.69, 9.17) is 25.5 Å².